The van der Waals surface area contributed by atoms with E-state index in [4.69, 9.17) is 4.74 Å². The lowest BCUT2D eigenvalue weighted by Gasteiger charge is -2.60. The average molecular weight is 488 g/mol. The van der Waals surface area contributed by atoms with Crippen molar-refractivity contribution in [2.24, 2.45) is 10.4 Å². The fourth-order valence-electron chi connectivity index (χ4n) is 4.87. The highest BCUT2D eigenvalue weighted by atomic mass is 32.2. The van der Waals surface area contributed by atoms with Crippen molar-refractivity contribution in [1.82, 2.24) is 9.21 Å². The molecule has 0 aromatic heterocycles. The van der Waals surface area contributed by atoms with Crippen molar-refractivity contribution >= 4 is 27.7 Å². The standard InChI is InChI=1S/C21H24F3N3O3S2/c1-13-10-30-18-16(31-19(25-18)20(2,23)24)9-27(13)14-7-21(8-14)11-26(12-21)32(28,29)17-6-4-3-5-15(17)22/h3-6,9,13-14,19H,7-8,10-12H2,1-2H3/t13-,19?/m1/s1. The molecule has 4 aliphatic rings. The molecular formula is C21H24F3N3O3S2. The van der Waals surface area contributed by atoms with Gasteiger partial charge in [0, 0.05) is 37.7 Å². The number of alkyl halides is 2. The summed E-state index contributed by atoms with van der Waals surface area (Å²) in [5.41, 5.74) is -0.118. The molecule has 1 aromatic carbocycles. The van der Waals surface area contributed by atoms with E-state index in [0.29, 0.717) is 24.6 Å². The predicted octanol–water partition coefficient (Wildman–Crippen LogP) is 3.67. The number of fused-ring (bicyclic) bond motifs is 1. The number of nitrogens with zero attached hydrogens (tertiary/aromatic N) is 3. The summed E-state index contributed by atoms with van der Waals surface area (Å²) in [6, 6.07) is 5.62. The summed E-state index contributed by atoms with van der Waals surface area (Å²) in [4.78, 5) is 6.51. The van der Waals surface area contributed by atoms with Crippen LogP contribution >= 0.6 is 11.8 Å². The maximum atomic E-state index is 14.0. The van der Waals surface area contributed by atoms with Crippen molar-refractivity contribution in [2.45, 2.75) is 55.0 Å². The molecule has 174 valence electrons. The Kier molecular flexibility index (Phi) is 5.10. The van der Waals surface area contributed by atoms with Crippen LogP contribution in [-0.4, -0.2) is 66.6 Å². The molecule has 5 rings (SSSR count). The monoisotopic (exact) mass is 487 g/mol. The number of rotatable bonds is 4. The van der Waals surface area contributed by atoms with Gasteiger partial charge in [0.2, 0.25) is 15.9 Å². The Bertz CT molecular complexity index is 1090. The summed E-state index contributed by atoms with van der Waals surface area (Å²) >= 11 is 1.01. The summed E-state index contributed by atoms with van der Waals surface area (Å²) < 4.78 is 74.0. The van der Waals surface area contributed by atoms with E-state index >= 15 is 0 Å². The van der Waals surface area contributed by atoms with Crippen LogP contribution in [0.1, 0.15) is 26.7 Å². The van der Waals surface area contributed by atoms with E-state index < -0.39 is 27.1 Å². The van der Waals surface area contributed by atoms with Crippen molar-refractivity contribution in [3.63, 3.8) is 0 Å². The number of aliphatic imine (C=N–C) groups is 1. The Morgan fingerprint density at radius 2 is 1.94 bits per heavy atom. The van der Waals surface area contributed by atoms with Crippen LogP contribution < -0.4 is 0 Å². The predicted molar refractivity (Wildman–Crippen MR) is 115 cm³/mol. The van der Waals surface area contributed by atoms with Crippen molar-refractivity contribution in [1.29, 1.82) is 0 Å². The van der Waals surface area contributed by atoms with Gasteiger partial charge in [0.25, 0.3) is 5.92 Å². The molecule has 0 radical (unpaired) electrons. The Hall–Kier alpha value is -1.72. The Labute approximate surface area is 189 Å². The number of hydrogen-bond acceptors (Lipinski definition) is 6. The second-order valence-corrected chi connectivity index (χ2v) is 12.3. The molecule has 0 amide bonds. The third-order valence-corrected chi connectivity index (χ3v) is 9.69. The van der Waals surface area contributed by atoms with Crippen LogP contribution in [0, 0.1) is 11.2 Å². The second-order valence-electron chi connectivity index (χ2n) is 9.23. The fourth-order valence-corrected chi connectivity index (χ4v) is 7.59. The molecule has 1 unspecified atom stereocenters. The van der Waals surface area contributed by atoms with Gasteiger partial charge in [0.1, 0.15) is 17.3 Å². The molecule has 2 atom stereocenters. The summed E-state index contributed by atoms with van der Waals surface area (Å²) in [5, 5.41) is -1.18. The first-order chi connectivity index (χ1) is 15.0. The molecule has 1 saturated heterocycles. The van der Waals surface area contributed by atoms with Gasteiger partial charge in [0.05, 0.1) is 10.9 Å². The minimum Gasteiger partial charge on any atom is -0.475 e. The SMILES string of the molecule is C[C@@H]1COC2=NC(C(C)(F)F)SC2=CN1C1CC2(C1)CN(S(=O)(=O)c1ccccc1F)C2. The van der Waals surface area contributed by atoms with Crippen LogP contribution in [0.4, 0.5) is 13.2 Å². The molecule has 0 bridgehead atoms. The molecule has 1 aromatic rings. The van der Waals surface area contributed by atoms with Crippen LogP contribution in [0.25, 0.3) is 0 Å². The lowest BCUT2D eigenvalue weighted by Crippen LogP contribution is -2.67. The number of ether oxygens (including phenoxy) is 1. The molecule has 6 nitrogen and oxygen atoms in total. The van der Waals surface area contributed by atoms with Gasteiger partial charge in [-0.3, -0.25) is 0 Å². The molecule has 1 saturated carbocycles. The van der Waals surface area contributed by atoms with Crippen LogP contribution in [0.15, 0.2) is 45.3 Å². The highest BCUT2D eigenvalue weighted by Gasteiger charge is 2.57. The van der Waals surface area contributed by atoms with Crippen molar-refractivity contribution in [3.8, 4) is 0 Å². The maximum absolute atomic E-state index is 14.0. The van der Waals surface area contributed by atoms with Gasteiger partial charge in [-0.2, -0.15) is 4.31 Å². The van der Waals surface area contributed by atoms with Crippen molar-refractivity contribution in [2.75, 3.05) is 19.7 Å². The molecule has 3 aliphatic heterocycles. The highest BCUT2D eigenvalue weighted by Crippen LogP contribution is 2.53. The third-order valence-electron chi connectivity index (χ3n) is 6.59. The Morgan fingerprint density at radius 1 is 1.25 bits per heavy atom. The van der Waals surface area contributed by atoms with E-state index in [1.165, 1.54) is 22.5 Å². The van der Waals surface area contributed by atoms with E-state index in [2.05, 4.69) is 9.89 Å². The summed E-state index contributed by atoms with van der Waals surface area (Å²) in [7, 11) is -3.85. The number of sulfonamides is 1. The number of hydrogen-bond donors (Lipinski definition) is 0. The van der Waals surface area contributed by atoms with Crippen LogP contribution in [-0.2, 0) is 14.8 Å². The van der Waals surface area contributed by atoms with E-state index in [9.17, 15) is 21.6 Å². The van der Waals surface area contributed by atoms with Gasteiger partial charge in [-0.05, 0) is 31.9 Å². The quantitative estimate of drug-likeness (QED) is 0.649. The molecule has 2 fully saturated rings. The number of benzene rings is 1. The number of thioether (sulfide) groups is 1. The Balaban J connectivity index is 1.25. The zero-order valence-electron chi connectivity index (χ0n) is 17.7. The van der Waals surface area contributed by atoms with Crippen LogP contribution in [0.5, 0.6) is 0 Å². The average Bonchev–Trinajstić information content (AvgIpc) is 3.00. The number of halogens is 3. The molecule has 1 spiro atoms. The van der Waals surface area contributed by atoms with Crippen molar-refractivity contribution in [3.05, 3.63) is 41.2 Å². The van der Waals surface area contributed by atoms with Crippen molar-refractivity contribution < 1.29 is 26.3 Å². The third kappa shape index (κ3) is 3.62. The minimum atomic E-state index is -3.85. The van der Waals surface area contributed by atoms with Gasteiger partial charge in [-0.1, -0.05) is 23.9 Å². The second kappa shape index (κ2) is 7.39. The first-order valence-electron chi connectivity index (χ1n) is 10.5. The molecule has 0 N–H and O–H groups in total. The molecule has 32 heavy (non-hydrogen) atoms. The van der Waals surface area contributed by atoms with Crippen LogP contribution in [0.3, 0.4) is 0 Å². The molecular weight excluding hydrogens is 463 g/mol. The van der Waals surface area contributed by atoms with Gasteiger partial charge in [0.15, 0.2) is 5.37 Å². The Morgan fingerprint density at radius 3 is 2.59 bits per heavy atom. The summed E-state index contributed by atoms with van der Waals surface area (Å²) in [5.74, 6) is -3.41. The maximum Gasteiger partial charge on any atom is 0.276 e. The van der Waals surface area contributed by atoms with E-state index in [0.717, 1.165) is 37.6 Å². The van der Waals surface area contributed by atoms with E-state index in [1.807, 2.05) is 13.1 Å². The molecule has 1 aliphatic carbocycles. The zero-order chi connectivity index (χ0) is 22.9. The lowest BCUT2D eigenvalue weighted by molar-refractivity contribution is -0.0732. The normalized spacial score (nSPS) is 28.2. The van der Waals surface area contributed by atoms with E-state index in [1.54, 1.807) is 0 Å². The zero-order valence-corrected chi connectivity index (χ0v) is 19.3. The van der Waals surface area contributed by atoms with Gasteiger partial charge in [-0.25, -0.2) is 26.6 Å². The first kappa shape index (κ1) is 22.1. The smallest absolute Gasteiger partial charge is 0.276 e. The minimum absolute atomic E-state index is 0.0395. The van der Waals surface area contributed by atoms with Crippen LogP contribution in [0.2, 0.25) is 0 Å². The largest absolute Gasteiger partial charge is 0.475 e. The first-order valence-corrected chi connectivity index (χ1v) is 12.8. The topological polar surface area (TPSA) is 62.2 Å². The van der Waals surface area contributed by atoms with E-state index in [-0.39, 0.29) is 28.3 Å². The lowest BCUT2D eigenvalue weighted by atomic mass is 9.61. The highest BCUT2D eigenvalue weighted by molar-refractivity contribution is 8.05. The fraction of sp³-hybridized carbons (Fsp3) is 0.571. The molecule has 11 heteroatoms. The van der Waals surface area contributed by atoms with Gasteiger partial charge in [-0.15, -0.1) is 0 Å². The summed E-state index contributed by atoms with van der Waals surface area (Å²) in [6.07, 6.45) is 3.45. The van der Waals surface area contributed by atoms with Gasteiger partial charge < -0.3 is 9.64 Å². The van der Waals surface area contributed by atoms with Gasteiger partial charge >= 0.3 is 0 Å². The summed E-state index contributed by atoms with van der Waals surface area (Å²) in [6.45, 7) is 3.94. The molecule has 3 heterocycles.